The van der Waals surface area contributed by atoms with Gasteiger partial charge in [0.15, 0.2) is 0 Å². The number of aliphatic carboxylic acids is 1. The van der Waals surface area contributed by atoms with Crippen LogP contribution in [0.15, 0.2) is 79.1 Å². The zero-order chi connectivity index (χ0) is 37.7. The van der Waals surface area contributed by atoms with Gasteiger partial charge in [-0.3, -0.25) is 14.3 Å². The summed E-state index contributed by atoms with van der Waals surface area (Å²) in [6.07, 6.45) is 3.16. The molecule has 259 valence electrons. The van der Waals surface area contributed by atoms with E-state index in [0.29, 0.717) is 63.1 Å². The summed E-state index contributed by atoms with van der Waals surface area (Å²) in [6, 6.07) is 18.4. The second kappa shape index (κ2) is 19.4. The smallest absolute Gasteiger partial charge is 0.307 e. The van der Waals surface area contributed by atoms with Crippen LogP contribution >= 0.6 is 46.4 Å². The fourth-order valence-corrected chi connectivity index (χ4v) is 4.93. The van der Waals surface area contributed by atoms with Gasteiger partial charge in [0.2, 0.25) is 5.91 Å². The number of nitrogens with zero attached hydrogens (tertiary/aromatic N) is 4. The molecule has 0 saturated carbocycles. The molecule has 3 aromatic heterocycles. The van der Waals surface area contributed by atoms with Crippen molar-refractivity contribution in [2.24, 2.45) is 7.05 Å². The molecule has 2 aromatic carbocycles. The van der Waals surface area contributed by atoms with Gasteiger partial charge in [0.1, 0.15) is 39.1 Å². The molecule has 0 aliphatic carbocycles. The number of aryl methyl sites for hydroxylation is 1. The van der Waals surface area contributed by atoms with Crippen LogP contribution in [-0.2, 0) is 34.9 Å². The number of carbonyl (C=O) groups excluding carboxylic acids is 1. The van der Waals surface area contributed by atoms with E-state index in [-0.39, 0.29) is 55.3 Å². The summed E-state index contributed by atoms with van der Waals surface area (Å²) in [5.41, 5.74) is 2.20. The van der Waals surface area contributed by atoms with E-state index in [2.05, 4.69) is 41.2 Å². The molecule has 0 aliphatic rings. The molecule has 0 bridgehead atoms. The Morgan fingerprint density at radius 2 is 1.32 bits per heavy atom. The number of anilines is 1. The Morgan fingerprint density at radius 3 is 1.72 bits per heavy atom. The molecule has 0 aliphatic heterocycles. The molecule has 16 heteroatoms. The van der Waals surface area contributed by atoms with Gasteiger partial charge in [0.25, 0.3) is 0 Å². The molecule has 1 amide bonds. The van der Waals surface area contributed by atoms with Gasteiger partial charge in [-0.15, -0.1) is 0 Å². The third-order valence-electron chi connectivity index (χ3n) is 6.48. The predicted octanol–water partition coefficient (Wildman–Crippen LogP) is 8.28. The fourth-order valence-electron chi connectivity index (χ4n) is 4.12. The Hall–Kier alpha value is -3.23. The quantitative estimate of drug-likeness (QED) is 0.112. The first-order valence-corrected chi connectivity index (χ1v) is 15.9. The van der Waals surface area contributed by atoms with Gasteiger partial charge < -0.3 is 19.9 Å². The van der Waals surface area contributed by atoms with E-state index in [4.69, 9.17) is 63.7 Å². The molecule has 5 aromatic rings. The molecular weight excluding hydrogens is 949 g/mol. The van der Waals surface area contributed by atoms with Crippen molar-refractivity contribution in [1.29, 1.82) is 2.67 Å². The van der Waals surface area contributed by atoms with Crippen molar-refractivity contribution in [3.8, 4) is 23.0 Å². The number of carboxylic acids is 1. The predicted molar refractivity (Wildman–Crippen MR) is 196 cm³/mol. The molecule has 50 heavy (non-hydrogen) atoms. The average molecular weight is 986 g/mol. The second-order valence-corrected chi connectivity index (χ2v) is 13.0. The van der Waals surface area contributed by atoms with E-state index in [1.165, 1.54) is 6.20 Å². The van der Waals surface area contributed by atoms with Crippen molar-refractivity contribution in [3.63, 3.8) is 0 Å². The summed E-state index contributed by atoms with van der Waals surface area (Å²) in [7, 11) is 2.30. The number of amides is 1. The molecular formula is C34H33BCl4N5O5U. The Labute approximate surface area is 338 Å². The van der Waals surface area contributed by atoms with Crippen molar-refractivity contribution in [2.75, 3.05) is 5.32 Å². The molecule has 0 fully saturated rings. The van der Waals surface area contributed by atoms with Crippen LogP contribution in [0.1, 0.15) is 37.6 Å². The van der Waals surface area contributed by atoms with E-state index in [1.807, 2.05) is 6.07 Å². The van der Waals surface area contributed by atoms with Crippen LogP contribution in [0.4, 0.5) is 5.82 Å². The van der Waals surface area contributed by atoms with Gasteiger partial charge in [0, 0.05) is 74.2 Å². The Morgan fingerprint density at radius 1 is 0.840 bits per heavy atom. The molecule has 0 spiro atoms. The SMILES string of the molecule is Cn1nc(C(C)(C)C)cc1NC(=O)Cc1ccc(Oc2ccnc(Cl)c2)c(Cl)c1.O=C(O)Cc1ccc(Oc2ccnc(Cl)c2)c(Cl)c1.[3H][B][3H].[U]. The molecule has 0 saturated heterocycles. The van der Waals surface area contributed by atoms with E-state index < -0.39 is 5.97 Å². The molecule has 2 N–H and O–H groups in total. The Kier molecular flexibility index (Phi) is 15.3. The summed E-state index contributed by atoms with van der Waals surface area (Å²) in [4.78, 5) is 30.8. The standard InChI is InChI=1S/C21H22Cl2N4O2.C13H9Cl2NO3.BH2.U/c1-21(2,3)17-12-19(27(4)26-17)25-20(28)10-13-5-6-16(15(22)9-13)29-14-7-8-24-18(23)11-14;14-10-5-8(6-13(17)18)1-2-11(10)19-9-3-4-16-12(15)7-9;;/h5-9,11-12H,10H2,1-4H3,(H,25,28);1-5,7H,6H2,(H,17,18);1H2;/i;;1T2;. The fraction of sp³-hybridized carbons (Fsp3) is 0.206. The summed E-state index contributed by atoms with van der Waals surface area (Å²) >= 11 is 24.0. The maximum atomic E-state index is 12.5. The maximum Gasteiger partial charge on any atom is 0.307 e. The number of ether oxygens (including phenoxy) is 2. The van der Waals surface area contributed by atoms with Crippen LogP contribution < -0.4 is 14.8 Å². The molecule has 0 unspecified atom stereocenters. The largest absolute Gasteiger partial charge is 0.481 e. The minimum absolute atomic E-state index is 0. The summed E-state index contributed by atoms with van der Waals surface area (Å²) in [5.74, 6) is 1.53. The third kappa shape index (κ3) is 13.1. The van der Waals surface area contributed by atoms with Crippen LogP contribution in [0.25, 0.3) is 0 Å². The molecule has 3 heterocycles. The summed E-state index contributed by atoms with van der Waals surface area (Å²) in [5, 5.41) is 17.4. The van der Waals surface area contributed by atoms with E-state index in [0.717, 1.165) is 11.3 Å². The first-order valence-electron chi connectivity index (χ1n) is 15.5. The summed E-state index contributed by atoms with van der Waals surface area (Å²) in [6.45, 7) is 6.23. The van der Waals surface area contributed by atoms with Crippen molar-refractivity contribution in [3.05, 3.63) is 116 Å². The molecule has 1 radical (unpaired) electrons. The van der Waals surface area contributed by atoms with E-state index >= 15 is 0 Å². The van der Waals surface area contributed by atoms with Crippen LogP contribution in [0, 0.1) is 31.1 Å². The van der Waals surface area contributed by atoms with Crippen LogP contribution in [0.3, 0.4) is 0 Å². The topological polar surface area (TPSA) is 128 Å². The zero-order valence-corrected chi connectivity index (χ0v) is 34.6. The maximum absolute atomic E-state index is 12.5. The first-order chi connectivity index (χ1) is 24.1. The number of rotatable bonds is 9. The van der Waals surface area contributed by atoms with Gasteiger partial charge in [-0.1, -0.05) is 79.3 Å². The second-order valence-electron chi connectivity index (χ2n) is 11.4. The van der Waals surface area contributed by atoms with Crippen LogP contribution in [0.5, 0.6) is 23.0 Å². The van der Waals surface area contributed by atoms with Gasteiger partial charge >= 0.3 is 5.97 Å². The first kappa shape index (κ1) is 39.6. The number of nitrogens with one attached hydrogen (secondary N) is 1. The van der Waals surface area contributed by atoms with Crippen LogP contribution in [0.2, 0.25) is 20.4 Å². The number of hydrogen-bond donors (Lipinski definition) is 2. The van der Waals surface area contributed by atoms with Crippen molar-refractivity contribution < 1.29 is 55.3 Å². The molecule has 10 nitrogen and oxygen atoms in total. The number of benzene rings is 2. The monoisotopic (exact) mass is 984 g/mol. The third-order valence-corrected chi connectivity index (χ3v) is 7.48. The van der Waals surface area contributed by atoms with Crippen LogP contribution in [-0.4, -0.2) is 47.7 Å². The molecule has 0 atom stereocenters. The number of pyridine rings is 2. The average Bonchev–Trinajstić information content (AvgIpc) is 3.41. The van der Waals surface area contributed by atoms with E-state index in [9.17, 15) is 9.59 Å². The number of aromatic nitrogens is 4. The van der Waals surface area contributed by atoms with Crippen molar-refractivity contribution in [2.45, 2.75) is 39.0 Å². The number of halogens is 4. The number of hydrogen-bond acceptors (Lipinski definition) is 7. The Bertz CT molecular complexity index is 1970. The van der Waals surface area contributed by atoms with Gasteiger partial charge in [-0.2, -0.15) is 5.10 Å². The zero-order valence-electron chi connectivity index (χ0n) is 29.4. The summed E-state index contributed by atoms with van der Waals surface area (Å²) < 4.78 is 24.4. The van der Waals surface area contributed by atoms with Gasteiger partial charge in [-0.05, 0) is 50.2 Å². The number of carbonyl (C=O) groups is 2. The minimum Gasteiger partial charge on any atom is -0.481 e. The number of carboxylic acid groups (broad SMARTS) is 1. The normalized spacial score (nSPS) is 10.8. The Balaban J connectivity index is 0.000000352. The molecule has 5 rings (SSSR count). The van der Waals surface area contributed by atoms with Crippen molar-refractivity contribution in [1.82, 2.24) is 19.7 Å². The van der Waals surface area contributed by atoms with Crippen molar-refractivity contribution >= 4 is 72.4 Å². The van der Waals surface area contributed by atoms with E-state index in [1.54, 1.807) is 78.6 Å². The van der Waals surface area contributed by atoms with Gasteiger partial charge in [0.05, 0.1) is 36.9 Å². The van der Waals surface area contributed by atoms with Gasteiger partial charge in [-0.25, -0.2) is 9.97 Å². The minimum atomic E-state index is -0.911.